The van der Waals surface area contributed by atoms with Crippen LogP contribution in [0.3, 0.4) is 0 Å². The third-order valence-electron chi connectivity index (χ3n) is 7.36. The van der Waals surface area contributed by atoms with E-state index in [0.717, 1.165) is 39.3 Å². The maximum atomic E-state index is 13.8. The fourth-order valence-electron chi connectivity index (χ4n) is 5.57. The Bertz CT molecular complexity index is 1580. The van der Waals surface area contributed by atoms with Crippen LogP contribution >= 0.6 is 11.6 Å². The van der Waals surface area contributed by atoms with Gasteiger partial charge in [0.2, 0.25) is 0 Å². The van der Waals surface area contributed by atoms with Crippen LogP contribution < -0.4 is 0 Å². The SMILES string of the molecule is Cc1ccc(-c2c([C@@H]3c4ccccc4C(=O)N3CCc3ccc(Cl)cc3)c3ccccc3n2C)cc1. The number of hydrogen-bond acceptors (Lipinski definition) is 1. The Morgan fingerprint density at radius 1 is 0.833 bits per heavy atom. The zero-order valence-electron chi connectivity index (χ0n) is 20.4. The van der Waals surface area contributed by atoms with E-state index in [1.807, 2.05) is 42.5 Å². The number of aromatic nitrogens is 1. The average Bonchev–Trinajstić information content (AvgIpc) is 3.35. The second-order valence-electron chi connectivity index (χ2n) is 9.57. The summed E-state index contributed by atoms with van der Waals surface area (Å²) in [5.41, 5.74) is 8.92. The molecule has 1 aliphatic heterocycles. The van der Waals surface area contributed by atoms with Gasteiger partial charge in [-0.3, -0.25) is 4.79 Å². The van der Waals surface area contributed by atoms with Gasteiger partial charge in [-0.2, -0.15) is 0 Å². The number of benzene rings is 4. The predicted octanol–water partition coefficient (Wildman–Crippen LogP) is 7.60. The number of para-hydroxylation sites is 1. The Hall–Kier alpha value is -3.82. The maximum Gasteiger partial charge on any atom is 0.255 e. The minimum Gasteiger partial charge on any atom is -0.343 e. The van der Waals surface area contributed by atoms with E-state index in [1.165, 1.54) is 22.1 Å². The first-order valence-electron chi connectivity index (χ1n) is 12.3. The molecule has 178 valence electrons. The molecular formula is C32H27ClN2O. The van der Waals surface area contributed by atoms with Gasteiger partial charge in [0.1, 0.15) is 0 Å². The molecule has 4 aromatic carbocycles. The topological polar surface area (TPSA) is 25.2 Å². The average molecular weight is 491 g/mol. The normalized spacial score (nSPS) is 15.0. The fourth-order valence-corrected chi connectivity index (χ4v) is 5.70. The van der Waals surface area contributed by atoms with Crippen LogP contribution in [0.4, 0.5) is 0 Å². The third kappa shape index (κ3) is 3.71. The minimum absolute atomic E-state index is 0.0901. The molecule has 3 nitrogen and oxygen atoms in total. The molecule has 0 bridgehead atoms. The molecule has 1 atom stereocenters. The number of carbonyl (C=O) groups excluding carboxylic acids is 1. The molecule has 1 aromatic heterocycles. The highest BCUT2D eigenvalue weighted by Crippen LogP contribution is 2.46. The molecule has 0 unspecified atom stereocenters. The van der Waals surface area contributed by atoms with E-state index < -0.39 is 0 Å². The van der Waals surface area contributed by atoms with Gasteiger partial charge in [-0.1, -0.05) is 90.0 Å². The van der Waals surface area contributed by atoms with E-state index >= 15 is 0 Å². The van der Waals surface area contributed by atoms with E-state index in [9.17, 15) is 4.79 Å². The van der Waals surface area contributed by atoms with Crippen molar-refractivity contribution in [1.29, 1.82) is 0 Å². The number of nitrogens with zero attached hydrogens (tertiary/aromatic N) is 2. The van der Waals surface area contributed by atoms with Gasteiger partial charge in [-0.05, 0) is 54.3 Å². The van der Waals surface area contributed by atoms with Crippen molar-refractivity contribution >= 4 is 28.4 Å². The van der Waals surface area contributed by atoms with Crippen LogP contribution in [0.2, 0.25) is 5.02 Å². The van der Waals surface area contributed by atoms with E-state index in [-0.39, 0.29) is 11.9 Å². The molecule has 2 heterocycles. The first kappa shape index (κ1) is 22.6. The third-order valence-corrected chi connectivity index (χ3v) is 7.61. The van der Waals surface area contributed by atoms with Gasteiger partial charge in [0.05, 0.1) is 11.7 Å². The van der Waals surface area contributed by atoms with Crippen LogP contribution in [0.15, 0.2) is 97.1 Å². The second kappa shape index (κ2) is 9.00. The summed E-state index contributed by atoms with van der Waals surface area (Å²) in [4.78, 5) is 15.8. The number of fused-ring (bicyclic) bond motifs is 2. The molecule has 0 saturated carbocycles. The van der Waals surface area contributed by atoms with Gasteiger partial charge in [0.25, 0.3) is 5.91 Å². The van der Waals surface area contributed by atoms with Gasteiger partial charge in [0.15, 0.2) is 0 Å². The maximum absolute atomic E-state index is 13.8. The van der Waals surface area contributed by atoms with Crippen LogP contribution in [0, 0.1) is 6.92 Å². The number of rotatable bonds is 5. The van der Waals surface area contributed by atoms with Crippen molar-refractivity contribution in [2.24, 2.45) is 7.05 Å². The molecule has 6 rings (SSSR count). The van der Waals surface area contributed by atoms with Gasteiger partial charge < -0.3 is 9.47 Å². The monoisotopic (exact) mass is 490 g/mol. The van der Waals surface area contributed by atoms with Gasteiger partial charge in [-0.15, -0.1) is 0 Å². The Labute approximate surface area is 216 Å². The number of hydrogen-bond donors (Lipinski definition) is 0. The van der Waals surface area contributed by atoms with Crippen molar-refractivity contribution in [2.75, 3.05) is 6.54 Å². The molecule has 0 fully saturated rings. The molecule has 0 spiro atoms. The number of carbonyl (C=O) groups is 1. The Morgan fingerprint density at radius 3 is 2.31 bits per heavy atom. The summed E-state index contributed by atoms with van der Waals surface area (Å²) in [6.07, 6.45) is 0.762. The highest BCUT2D eigenvalue weighted by molar-refractivity contribution is 6.30. The van der Waals surface area contributed by atoms with Crippen molar-refractivity contribution in [3.05, 3.63) is 130 Å². The summed E-state index contributed by atoms with van der Waals surface area (Å²) < 4.78 is 2.28. The molecule has 0 radical (unpaired) electrons. The molecule has 1 amide bonds. The van der Waals surface area contributed by atoms with E-state index in [1.54, 1.807) is 0 Å². The molecule has 0 N–H and O–H groups in total. The summed E-state index contributed by atoms with van der Waals surface area (Å²) in [5, 5.41) is 1.90. The zero-order chi connectivity index (χ0) is 24.8. The second-order valence-corrected chi connectivity index (χ2v) is 10.0. The van der Waals surface area contributed by atoms with Crippen molar-refractivity contribution in [3.63, 3.8) is 0 Å². The smallest absolute Gasteiger partial charge is 0.255 e. The summed E-state index contributed by atoms with van der Waals surface area (Å²) in [5.74, 6) is 0.0901. The quantitative estimate of drug-likeness (QED) is 0.249. The summed E-state index contributed by atoms with van der Waals surface area (Å²) >= 11 is 6.10. The minimum atomic E-state index is -0.164. The fraction of sp³-hybridized carbons (Fsp3) is 0.156. The highest BCUT2D eigenvalue weighted by Gasteiger charge is 2.40. The highest BCUT2D eigenvalue weighted by atomic mass is 35.5. The van der Waals surface area contributed by atoms with Gasteiger partial charge in [0, 0.05) is 40.6 Å². The molecule has 0 aliphatic carbocycles. The Morgan fingerprint density at radius 2 is 1.53 bits per heavy atom. The van der Waals surface area contributed by atoms with Crippen LogP contribution in [-0.4, -0.2) is 21.9 Å². The molecule has 1 aliphatic rings. The lowest BCUT2D eigenvalue weighted by molar-refractivity contribution is 0.0753. The van der Waals surface area contributed by atoms with Gasteiger partial charge in [-0.25, -0.2) is 0 Å². The Balaban J connectivity index is 1.54. The summed E-state index contributed by atoms with van der Waals surface area (Å²) in [6.45, 7) is 2.73. The standard InChI is InChI=1S/C32H27ClN2O/c1-21-11-15-23(16-12-21)30-29(27-9-5-6-10-28(27)34(30)2)31-25-7-3-4-8-26(25)32(36)35(31)20-19-22-13-17-24(33)18-14-22/h3-18,31H,19-20H2,1-2H3/t31-/m0/s1. The first-order valence-corrected chi connectivity index (χ1v) is 12.7. The van der Waals surface area contributed by atoms with Crippen LogP contribution in [0.25, 0.3) is 22.2 Å². The first-order chi connectivity index (χ1) is 17.5. The zero-order valence-corrected chi connectivity index (χ0v) is 21.2. The van der Waals surface area contributed by atoms with Crippen LogP contribution in [0.1, 0.15) is 38.7 Å². The lowest BCUT2D eigenvalue weighted by Gasteiger charge is -2.27. The molecule has 36 heavy (non-hydrogen) atoms. The predicted molar refractivity (Wildman–Crippen MR) is 148 cm³/mol. The molecule has 4 heteroatoms. The van der Waals surface area contributed by atoms with E-state index in [2.05, 4.69) is 78.0 Å². The summed E-state index contributed by atoms with van der Waals surface area (Å²) in [6, 6.07) is 33.0. The van der Waals surface area contributed by atoms with E-state index in [4.69, 9.17) is 11.6 Å². The van der Waals surface area contributed by atoms with Crippen molar-refractivity contribution < 1.29 is 4.79 Å². The molecule has 0 saturated heterocycles. The van der Waals surface area contributed by atoms with Crippen molar-refractivity contribution in [1.82, 2.24) is 9.47 Å². The number of aryl methyl sites for hydroxylation is 2. The van der Waals surface area contributed by atoms with Crippen LogP contribution in [0.5, 0.6) is 0 Å². The lowest BCUT2D eigenvalue weighted by atomic mass is 9.93. The van der Waals surface area contributed by atoms with Crippen LogP contribution in [-0.2, 0) is 13.5 Å². The van der Waals surface area contributed by atoms with Crippen molar-refractivity contribution in [3.8, 4) is 11.3 Å². The lowest BCUT2D eigenvalue weighted by Crippen LogP contribution is -2.31. The van der Waals surface area contributed by atoms with Crippen molar-refractivity contribution in [2.45, 2.75) is 19.4 Å². The molecule has 5 aromatic rings. The number of halogens is 1. The molecular weight excluding hydrogens is 464 g/mol. The summed E-state index contributed by atoms with van der Waals surface area (Å²) in [7, 11) is 2.13. The van der Waals surface area contributed by atoms with Gasteiger partial charge >= 0.3 is 0 Å². The van der Waals surface area contributed by atoms with E-state index in [0.29, 0.717) is 6.54 Å². The number of amides is 1. The Kier molecular flexibility index (Phi) is 5.66. The largest absolute Gasteiger partial charge is 0.343 e.